The van der Waals surface area contributed by atoms with Gasteiger partial charge in [0.25, 0.3) is 0 Å². The molecular formula is C24H30N2O7. The van der Waals surface area contributed by atoms with Crippen LogP contribution in [0, 0.1) is 0 Å². The number of aliphatic hydroxyl groups is 2. The molecule has 4 rings (SSSR count). The normalized spacial score (nSPS) is 26.0. The second kappa shape index (κ2) is 9.52. The zero-order valence-corrected chi connectivity index (χ0v) is 18.8. The highest BCUT2D eigenvalue weighted by Crippen LogP contribution is 2.51. The Morgan fingerprint density at radius 1 is 1.30 bits per heavy atom. The Hall–Kier alpha value is -2.91. The van der Waals surface area contributed by atoms with Crippen LogP contribution in [0.3, 0.4) is 0 Å². The average molecular weight is 459 g/mol. The largest absolute Gasteiger partial charge is 0.493 e. The van der Waals surface area contributed by atoms with Crippen LogP contribution in [0.2, 0.25) is 0 Å². The van der Waals surface area contributed by atoms with Crippen molar-refractivity contribution in [2.24, 2.45) is 0 Å². The molecule has 0 aromatic heterocycles. The van der Waals surface area contributed by atoms with Crippen molar-refractivity contribution in [1.82, 2.24) is 10.2 Å². The molecule has 0 saturated heterocycles. The molecule has 0 radical (unpaired) electrons. The van der Waals surface area contributed by atoms with Gasteiger partial charge in [-0.15, -0.1) is 0 Å². The first kappa shape index (κ1) is 23.3. The molecule has 1 fully saturated rings. The van der Waals surface area contributed by atoms with Crippen LogP contribution in [0.15, 0.2) is 23.8 Å². The maximum absolute atomic E-state index is 13.2. The minimum absolute atomic E-state index is 0.0170. The van der Waals surface area contributed by atoms with E-state index in [0.717, 1.165) is 25.7 Å². The van der Waals surface area contributed by atoms with Crippen molar-refractivity contribution < 1.29 is 34.1 Å². The van der Waals surface area contributed by atoms with Crippen LogP contribution in [0.5, 0.6) is 11.5 Å². The molecule has 2 aliphatic carbocycles. The quantitative estimate of drug-likeness (QED) is 0.519. The fourth-order valence-corrected chi connectivity index (χ4v) is 5.42. The molecular weight excluding hydrogens is 428 g/mol. The summed E-state index contributed by atoms with van der Waals surface area (Å²) in [5.74, 6) is -0.544. The highest BCUT2D eigenvalue weighted by molar-refractivity contribution is 5.96. The number of aldehydes is 1. The first-order valence-corrected chi connectivity index (χ1v) is 11.3. The van der Waals surface area contributed by atoms with E-state index in [1.165, 1.54) is 14.0 Å². The van der Waals surface area contributed by atoms with Crippen LogP contribution in [-0.2, 0) is 9.59 Å². The van der Waals surface area contributed by atoms with Gasteiger partial charge in [-0.25, -0.2) is 0 Å². The maximum Gasteiger partial charge on any atom is 0.247 e. The molecule has 3 aliphatic rings. The Balaban J connectivity index is 1.82. The Morgan fingerprint density at radius 2 is 2.03 bits per heavy atom. The van der Waals surface area contributed by atoms with Gasteiger partial charge in [0.05, 0.1) is 25.7 Å². The van der Waals surface area contributed by atoms with Crippen LogP contribution in [0.4, 0.5) is 0 Å². The molecule has 0 bridgehead atoms. The third kappa shape index (κ3) is 4.11. The minimum Gasteiger partial charge on any atom is -0.493 e. The summed E-state index contributed by atoms with van der Waals surface area (Å²) in [5.41, 5.74) is 1.26. The Labute approximate surface area is 192 Å². The van der Waals surface area contributed by atoms with Gasteiger partial charge in [0, 0.05) is 36.2 Å². The van der Waals surface area contributed by atoms with Crippen LogP contribution in [-0.4, -0.2) is 77.8 Å². The van der Waals surface area contributed by atoms with Crippen LogP contribution in [0.25, 0.3) is 0 Å². The number of fused-ring (bicyclic) bond motifs is 3. The number of rotatable bonds is 7. The van der Waals surface area contributed by atoms with Crippen molar-refractivity contribution in [3.8, 4) is 11.5 Å². The number of carbonyl (C=O) groups excluding carboxylic acids is 3. The van der Waals surface area contributed by atoms with Crippen molar-refractivity contribution in [1.29, 1.82) is 0 Å². The van der Waals surface area contributed by atoms with Crippen LogP contribution in [0.1, 0.15) is 54.4 Å². The summed E-state index contributed by atoms with van der Waals surface area (Å²) in [4.78, 5) is 39.0. The summed E-state index contributed by atoms with van der Waals surface area (Å²) < 4.78 is 11.6. The summed E-state index contributed by atoms with van der Waals surface area (Å²) in [5, 5.41) is 23.3. The number of hydrogen-bond donors (Lipinski definition) is 3. The molecule has 9 heteroatoms. The predicted molar refractivity (Wildman–Crippen MR) is 118 cm³/mol. The molecule has 0 unspecified atom stereocenters. The first-order chi connectivity index (χ1) is 15.9. The third-order valence-corrected chi connectivity index (χ3v) is 6.81. The third-order valence-electron chi connectivity index (χ3n) is 6.81. The Morgan fingerprint density at radius 3 is 2.64 bits per heavy atom. The fourth-order valence-electron chi connectivity index (χ4n) is 5.42. The molecule has 1 aromatic rings. The maximum atomic E-state index is 13.2. The molecule has 4 atom stereocenters. The van der Waals surface area contributed by atoms with E-state index >= 15 is 0 Å². The lowest BCUT2D eigenvalue weighted by Crippen LogP contribution is -2.57. The van der Waals surface area contributed by atoms with E-state index in [0.29, 0.717) is 34.5 Å². The number of hydrogen-bond acceptors (Lipinski definition) is 7. The summed E-state index contributed by atoms with van der Waals surface area (Å²) in [6, 6.07) is 2.42. The lowest BCUT2D eigenvalue weighted by atomic mass is 9.77. The Kier molecular flexibility index (Phi) is 6.71. The number of methoxy groups -OCH3 is 1. The molecule has 33 heavy (non-hydrogen) atoms. The van der Waals surface area contributed by atoms with Crippen LogP contribution < -0.4 is 14.8 Å². The molecule has 9 nitrogen and oxygen atoms in total. The summed E-state index contributed by atoms with van der Waals surface area (Å²) in [6.45, 7) is 1.31. The molecule has 1 aliphatic heterocycles. The van der Waals surface area contributed by atoms with E-state index in [4.69, 9.17) is 9.47 Å². The zero-order valence-electron chi connectivity index (χ0n) is 18.8. The SMILES string of the molecule is COc1cc(C=O)cc2c1O[C@@H]1[C@@H](O)[C@H](N(C(C)=O)C3CCCC3)C=C(C(=O)NCCO)[C@H]21. The van der Waals surface area contributed by atoms with Crippen molar-refractivity contribution in [3.63, 3.8) is 0 Å². The lowest BCUT2D eigenvalue weighted by molar-refractivity contribution is -0.138. The molecule has 1 heterocycles. The van der Waals surface area contributed by atoms with Gasteiger partial charge in [0.2, 0.25) is 11.8 Å². The van der Waals surface area contributed by atoms with Gasteiger partial charge in [-0.3, -0.25) is 14.4 Å². The van der Waals surface area contributed by atoms with Gasteiger partial charge >= 0.3 is 0 Å². The predicted octanol–water partition coefficient (Wildman–Crippen LogP) is 0.921. The Bertz CT molecular complexity index is 970. The van der Waals surface area contributed by atoms with Crippen LogP contribution >= 0.6 is 0 Å². The van der Waals surface area contributed by atoms with Gasteiger partial charge in [-0.1, -0.05) is 12.8 Å². The lowest BCUT2D eigenvalue weighted by Gasteiger charge is -2.42. The second-order valence-electron chi connectivity index (χ2n) is 8.77. The van der Waals surface area contributed by atoms with Gasteiger partial charge in [-0.05, 0) is 31.1 Å². The van der Waals surface area contributed by atoms with E-state index in [9.17, 15) is 24.6 Å². The number of ether oxygens (including phenoxy) is 2. The zero-order chi connectivity index (χ0) is 23.7. The molecule has 2 amide bonds. The van der Waals surface area contributed by atoms with Crippen molar-refractivity contribution in [3.05, 3.63) is 34.9 Å². The molecule has 0 spiro atoms. The summed E-state index contributed by atoms with van der Waals surface area (Å²) in [6.07, 6.45) is 4.09. The number of aliphatic hydroxyl groups excluding tert-OH is 2. The highest BCUT2D eigenvalue weighted by Gasteiger charge is 2.52. The number of nitrogens with one attached hydrogen (secondary N) is 1. The van der Waals surface area contributed by atoms with E-state index in [-0.39, 0.29) is 25.1 Å². The average Bonchev–Trinajstić information content (AvgIpc) is 3.46. The van der Waals surface area contributed by atoms with Gasteiger partial charge in [0.15, 0.2) is 11.5 Å². The van der Waals surface area contributed by atoms with Crippen molar-refractivity contribution >= 4 is 18.1 Å². The molecule has 3 N–H and O–H groups in total. The van der Waals surface area contributed by atoms with E-state index in [1.807, 2.05) is 0 Å². The number of benzene rings is 1. The number of nitrogens with zero attached hydrogens (tertiary/aromatic N) is 1. The topological polar surface area (TPSA) is 125 Å². The second-order valence-corrected chi connectivity index (χ2v) is 8.77. The van der Waals surface area contributed by atoms with Gasteiger partial charge in [-0.2, -0.15) is 0 Å². The number of carbonyl (C=O) groups is 3. The monoisotopic (exact) mass is 458 g/mol. The highest BCUT2D eigenvalue weighted by atomic mass is 16.5. The van der Waals surface area contributed by atoms with E-state index < -0.39 is 30.1 Å². The standard InChI is InChI=1S/C24H30N2O7/c1-13(29)26(15-5-3-4-6-15)18-11-17(24(31)25-7-8-27)20-16-9-14(12-28)10-19(32-2)22(16)33-23(20)21(18)30/h9-12,15,18,20-21,23,27,30H,3-8H2,1-2H3,(H,25,31)/t18-,20+,21+,23+/m1/s1. The molecule has 1 saturated carbocycles. The summed E-state index contributed by atoms with van der Waals surface area (Å²) in [7, 11) is 1.46. The van der Waals surface area contributed by atoms with Crippen molar-refractivity contribution in [2.75, 3.05) is 20.3 Å². The number of amides is 2. The van der Waals surface area contributed by atoms with Gasteiger partial charge < -0.3 is 29.9 Å². The first-order valence-electron chi connectivity index (χ1n) is 11.3. The fraction of sp³-hybridized carbons (Fsp3) is 0.542. The summed E-state index contributed by atoms with van der Waals surface area (Å²) >= 11 is 0. The van der Waals surface area contributed by atoms with Gasteiger partial charge in [0.1, 0.15) is 18.5 Å². The van der Waals surface area contributed by atoms with Crippen molar-refractivity contribution in [2.45, 2.75) is 62.8 Å². The van der Waals surface area contributed by atoms with E-state index in [2.05, 4.69) is 5.32 Å². The molecule has 1 aromatic carbocycles. The smallest absolute Gasteiger partial charge is 0.247 e. The minimum atomic E-state index is -1.09. The van der Waals surface area contributed by atoms with E-state index in [1.54, 1.807) is 23.1 Å². The molecule has 178 valence electrons.